The summed E-state index contributed by atoms with van der Waals surface area (Å²) in [6.45, 7) is 11.9. The number of nitrogens with one attached hydrogen (secondary N) is 1. The minimum absolute atomic E-state index is 0.0243. The number of likely N-dealkylation sites (tertiary alicyclic amines) is 2. The Balaban J connectivity index is 0.567. The summed E-state index contributed by atoms with van der Waals surface area (Å²) in [4.78, 5) is 49.5. The zero-order chi connectivity index (χ0) is 56.6. The number of anilines is 4. The van der Waals surface area contributed by atoms with Crippen LogP contribution in [0.1, 0.15) is 101 Å². The SMILES string of the molecule is Cc1ncsc1-c1ccc([C@H](CO)NC(=O)[C@@H]2C[C@@H](O)CN2C(=O)[C@@H](c2cc(N3CCC(CN4CCC(O[C@H]5C[C@H](Oc6cc(N7C8CCC7CN(c7cc(-c9ccccc9O)nnc7N)C8)ccn6)C5)CC4)CC3)no2)C(C)C)cc1. The second kappa shape index (κ2) is 24.1. The van der Waals surface area contributed by atoms with Crippen molar-refractivity contribution in [2.75, 3.05) is 79.4 Å². The molecule has 4 aromatic heterocycles. The number of nitrogens with two attached hydrogens (primary N) is 1. The first-order chi connectivity index (χ1) is 39.8. The predicted molar refractivity (Wildman–Crippen MR) is 313 cm³/mol. The van der Waals surface area contributed by atoms with Crippen molar-refractivity contribution in [3.63, 3.8) is 0 Å². The van der Waals surface area contributed by atoms with E-state index in [1.807, 2.05) is 81.0 Å². The summed E-state index contributed by atoms with van der Waals surface area (Å²) in [7, 11) is 0. The van der Waals surface area contributed by atoms with Gasteiger partial charge in [-0.2, -0.15) is 0 Å². The quantitative estimate of drug-likeness (QED) is 0.0584. The van der Waals surface area contributed by atoms with Crippen LogP contribution in [0.5, 0.6) is 11.6 Å². The van der Waals surface area contributed by atoms with Gasteiger partial charge in [-0.15, -0.1) is 21.5 Å². The van der Waals surface area contributed by atoms with E-state index in [1.165, 1.54) is 4.90 Å². The van der Waals surface area contributed by atoms with Gasteiger partial charge in [0, 0.05) is 113 Å². The van der Waals surface area contributed by atoms with Crippen LogP contribution < -0.4 is 30.5 Å². The van der Waals surface area contributed by atoms with Gasteiger partial charge in [0.15, 0.2) is 17.4 Å². The molecule has 6 aromatic rings. The van der Waals surface area contributed by atoms with Crippen LogP contribution in [0.15, 0.2) is 89.0 Å². The molecule has 2 unspecified atom stereocenters. The van der Waals surface area contributed by atoms with Crippen molar-refractivity contribution in [3.05, 3.63) is 102 Å². The molecule has 0 spiro atoms. The highest BCUT2D eigenvalue weighted by atomic mass is 32.1. The number of para-hydroxylation sites is 1. The van der Waals surface area contributed by atoms with Crippen LogP contribution in [-0.4, -0.2) is 164 Å². The van der Waals surface area contributed by atoms with Crippen LogP contribution in [0.25, 0.3) is 21.7 Å². The molecule has 12 rings (SSSR count). The number of carbonyl (C=O) groups excluding carboxylic acids is 2. The lowest BCUT2D eigenvalue weighted by Crippen LogP contribution is -2.54. The average molecular weight is 1140 g/mol. The maximum Gasteiger partial charge on any atom is 0.243 e. The van der Waals surface area contributed by atoms with Gasteiger partial charge in [-0.1, -0.05) is 55.4 Å². The Morgan fingerprint density at radius 2 is 1.61 bits per heavy atom. The molecule has 5 aliphatic heterocycles. The first kappa shape index (κ1) is 55.6. The molecule has 434 valence electrons. The fraction of sp³-hybridized carbons (Fsp3) is 0.525. The van der Waals surface area contributed by atoms with Crippen molar-refractivity contribution in [1.82, 2.24) is 40.4 Å². The molecular formula is C61H76N12O8S. The van der Waals surface area contributed by atoms with E-state index in [0.717, 1.165) is 130 Å². The third-order valence-corrected chi connectivity index (χ3v) is 19.0. The van der Waals surface area contributed by atoms with Crippen molar-refractivity contribution >= 4 is 46.2 Å². The summed E-state index contributed by atoms with van der Waals surface area (Å²) < 4.78 is 19.0. The van der Waals surface area contributed by atoms with Gasteiger partial charge in [-0.25, -0.2) is 9.97 Å². The van der Waals surface area contributed by atoms with Crippen LogP contribution in [0.2, 0.25) is 0 Å². The van der Waals surface area contributed by atoms with Crippen molar-refractivity contribution in [1.29, 1.82) is 0 Å². The Morgan fingerprint density at radius 3 is 2.32 bits per heavy atom. The molecule has 0 radical (unpaired) electrons. The Kier molecular flexibility index (Phi) is 16.4. The topological polar surface area (TPSA) is 245 Å². The van der Waals surface area contributed by atoms with Gasteiger partial charge in [-0.05, 0) is 92.7 Å². The molecule has 2 amide bonds. The van der Waals surface area contributed by atoms with Gasteiger partial charge in [0.2, 0.25) is 17.7 Å². The van der Waals surface area contributed by atoms with Crippen LogP contribution >= 0.6 is 11.3 Å². The molecule has 6 fully saturated rings. The monoisotopic (exact) mass is 1140 g/mol. The first-order valence-corrected chi connectivity index (χ1v) is 30.3. The summed E-state index contributed by atoms with van der Waals surface area (Å²) in [5.74, 6) is 1.34. The number of hydrogen-bond donors (Lipinski definition) is 5. The fourth-order valence-corrected chi connectivity index (χ4v) is 14.3. The molecule has 6 aliphatic rings. The predicted octanol–water partition coefficient (Wildman–Crippen LogP) is 6.96. The number of β-amino-alcohol motifs (C(OH)–C–C–N with tert-alkyl or cyclic N) is 1. The van der Waals surface area contributed by atoms with E-state index in [9.17, 15) is 24.9 Å². The Bertz CT molecular complexity index is 3160. The number of benzene rings is 2. The number of nitrogen functional groups attached to an aromatic ring is 1. The number of hydrogen-bond acceptors (Lipinski definition) is 19. The van der Waals surface area contributed by atoms with Crippen molar-refractivity contribution in [3.8, 4) is 33.3 Å². The highest BCUT2D eigenvalue weighted by Crippen LogP contribution is 2.41. The number of carbonyl (C=O) groups is 2. The molecule has 6 N–H and O–H groups in total. The van der Waals surface area contributed by atoms with Gasteiger partial charge in [0.05, 0.1) is 58.4 Å². The van der Waals surface area contributed by atoms with Crippen LogP contribution in [0.4, 0.5) is 23.0 Å². The summed E-state index contributed by atoms with van der Waals surface area (Å²) >= 11 is 1.56. The molecule has 2 bridgehead atoms. The van der Waals surface area contributed by atoms with E-state index in [2.05, 4.69) is 62.4 Å². The number of thiazole rings is 1. The van der Waals surface area contributed by atoms with Crippen molar-refractivity contribution < 1.29 is 38.9 Å². The number of ether oxygens (including phenoxy) is 2. The Morgan fingerprint density at radius 1 is 0.854 bits per heavy atom. The zero-order valence-electron chi connectivity index (χ0n) is 47.0. The van der Waals surface area contributed by atoms with E-state index in [1.54, 1.807) is 23.5 Å². The molecule has 9 heterocycles. The number of amides is 2. The van der Waals surface area contributed by atoms with E-state index >= 15 is 0 Å². The highest BCUT2D eigenvalue weighted by molar-refractivity contribution is 7.13. The second-order valence-corrected chi connectivity index (χ2v) is 24.7. The van der Waals surface area contributed by atoms with E-state index in [4.69, 9.17) is 19.7 Å². The number of aliphatic hydroxyl groups is 2. The second-order valence-electron chi connectivity index (χ2n) is 23.8. The standard InChI is InChI=1S/C61H76N12O8S/c1-36(2)57(61(78)72-33-44(75)25-52(72)60(77)65-50(34-74)39-8-10-40(11-9-39)58-37(3)64-35-82-58)54-29-55(68-81-54)70-22-15-38(16-23-70)30-69-20-17-45(18-21-69)79-46-26-47(27-46)80-56-24-41(14-19-63-56)73-42-12-13-43(73)32-71(31-42)51-28-49(66-67-59(51)62)48-6-4-5-7-53(48)76/h4-11,14,19,24,28-29,35-36,38,42-47,50,52,57,74-76H,12-13,15-18,20-23,25-27,30-34H2,1-3H3,(H2,62,67)(H,65,77)/t42?,43?,44-,46-,47-,50+,52+,57-/m1/s1. The molecular weight excluding hydrogens is 1060 g/mol. The number of phenols is 1. The lowest BCUT2D eigenvalue weighted by atomic mass is 9.91. The summed E-state index contributed by atoms with van der Waals surface area (Å²) in [6, 6.07) is 21.8. The lowest BCUT2D eigenvalue weighted by molar-refractivity contribution is -0.141. The largest absolute Gasteiger partial charge is 0.507 e. The summed E-state index contributed by atoms with van der Waals surface area (Å²) in [5.41, 5.74) is 14.1. The number of fused-ring (bicyclic) bond motifs is 2. The molecule has 21 heteroatoms. The summed E-state index contributed by atoms with van der Waals surface area (Å²) in [6.07, 6.45) is 9.59. The zero-order valence-corrected chi connectivity index (χ0v) is 47.8. The fourth-order valence-electron chi connectivity index (χ4n) is 13.5. The molecule has 82 heavy (non-hydrogen) atoms. The number of phenolic OH excluding ortho intramolecular Hbond substituents is 1. The molecule has 20 nitrogen and oxygen atoms in total. The average Bonchev–Trinajstić information content (AvgIpc) is 4.41. The van der Waals surface area contributed by atoms with Crippen LogP contribution in [0.3, 0.4) is 0 Å². The van der Waals surface area contributed by atoms with Gasteiger partial charge >= 0.3 is 0 Å². The van der Waals surface area contributed by atoms with Gasteiger partial charge < -0.3 is 64.9 Å². The maximum absolute atomic E-state index is 14.4. The van der Waals surface area contributed by atoms with E-state index in [0.29, 0.717) is 52.5 Å². The van der Waals surface area contributed by atoms with Crippen molar-refractivity contribution in [2.24, 2.45) is 11.8 Å². The number of nitrogens with zero attached hydrogens (tertiary/aromatic N) is 10. The van der Waals surface area contributed by atoms with E-state index in [-0.39, 0.29) is 55.5 Å². The molecule has 1 aliphatic carbocycles. The third-order valence-electron chi connectivity index (χ3n) is 18.0. The maximum atomic E-state index is 14.4. The van der Waals surface area contributed by atoms with Gasteiger partial charge in [0.1, 0.15) is 23.8 Å². The number of piperidine rings is 2. The molecule has 5 saturated heterocycles. The highest BCUT2D eigenvalue weighted by Gasteiger charge is 2.45. The number of aliphatic hydroxyl groups excluding tert-OH is 2. The summed E-state index contributed by atoms with van der Waals surface area (Å²) in [5, 5.41) is 47.6. The normalized spacial score (nSPS) is 24.2. The third kappa shape index (κ3) is 11.8. The first-order valence-electron chi connectivity index (χ1n) is 29.4. The lowest BCUT2D eigenvalue weighted by Gasteiger charge is -2.43. The molecule has 1 saturated carbocycles. The minimum atomic E-state index is -0.910. The van der Waals surface area contributed by atoms with Crippen LogP contribution in [-0.2, 0) is 14.3 Å². The number of aryl methyl sites for hydroxylation is 1. The van der Waals surface area contributed by atoms with Gasteiger partial charge in [-0.3, -0.25) is 9.59 Å². The number of aromatic nitrogens is 5. The smallest absolute Gasteiger partial charge is 0.243 e. The number of aromatic hydroxyl groups is 1. The van der Waals surface area contributed by atoms with Crippen LogP contribution in [0, 0.1) is 18.8 Å². The molecule has 6 atom stereocenters. The Labute approximate surface area is 482 Å². The van der Waals surface area contributed by atoms with E-state index < -0.39 is 30.0 Å². The number of rotatable bonds is 18. The van der Waals surface area contributed by atoms with Gasteiger partial charge in [0.25, 0.3) is 0 Å². The number of pyridine rings is 1. The minimum Gasteiger partial charge on any atom is -0.507 e. The van der Waals surface area contributed by atoms with Crippen molar-refractivity contribution in [2.45, 2.75) is 133 Å². The number of piperazine rings is 1. The molecule has 2 aromatic carbocycles. The Hall–Kier alpha value is -6.91.